The lowest BCUT2D eigenvalue weighted by Gasteiger charge is -2.16. The van der Waals surface area contributed by atoms with Crippen LogP contribution in [-0.2, 0) is 27.4 Å². The van der Waals surface area contributed by atoms with Crippen LogP contribution >= 0.6 is 11.6 Å². The Morgan fingerprint density at radius 2 is 1.60 bits per heavy atom. The molecule has 0 saturated heterocycles. The Morgan fingerprint density at radius 3 is 2.19 bits per heavy atom. The lowest BCUT2D eigenvalue weighted by molar-refractivity contribution is -0.139. The molecule has 0 unspecified atom stereocenters. The molecule has 0 bridgehead atoms. The second-order valence-corrected chi connectivity index (χ2v) is 11.4. The second kappa shape index (κ2) is 12.8. The molecule has 1 amide bonds. The summed E-state index contributed by atoms with van der Waals surface area (Å²) in [4.78, 5) is 24.4. The molecule has 4 aromatic rings. The van der Waals surface area contributed by atoms with Crippen molar-refractivity contribution in [1.29, 1.82) is 0 Å². The van der Waals surface area contributed by atoms with Gasteiger partial charge >= 0.3 is 12.1 Å². The number of sulfonamides is 1. The number of rotatable bonds is 10. The van der Waals surface area contributed by atoms with Crippen LogP contribution in [0.5, 0.6) is 5.75 Å². The highest BCUT2D eigenvalue weighted by Gasteiger charge is 2.31. The van der Waals surface area contributed by atoms with Crippen molar-refractivity contribution in [3.05, 3.63) is 113 Å². The maximum atomic E-state index is 12.9. The highest BCUT2D eigenvalue weighted by atomic mass is 35.5. The van der Waals surface area contributed by atoms with E-state index in [0.717, 1.165) is 29.3 Å². The molecule has 0 spiro atoms. The van der Waals surface area contributed by atoms with Crippen LogP contribution in [0, 0.1) is 0 Å². The molecule has 13 heteroatoms. The fraction of sp³-hybridized carbons (Fsp3) is 0.133. The summed E-state index contributed by atoms with van der Waals surface area (Å²) in [5.41, 5.74) is 1.18. The molecule has 43 heavy (non-hydrogen) atoms. The summed E-state index contributed by atoms with van der Waals surface area (Å²) in [5, 5.41) is 12.0. The molecule has 0 radical (unpaired) electrons. The van der Waals surface area contributed by atoms with Gasteiger partial charge in [-0.05, 0) is 59.7 Å². The van der Waals surface area contributed by atoms with E-state index in [4.69, 9.17) is 16.3 Å². The molecule has 0 aliphatic rings. The topological polar surface area (TPSA) is 122 Å². The third kappa shape index (κ3) is 7.65. The highest BCUT2D eigenvalue weighted by Crippen LogP contribution is 2.31. The highest BCUT2D eigenvalue weighted by molar-refractivity contribution is 7.92. The first-order chi connectivity index (χ1) is 20.3. The standard InChI is InChI=1S/C30H24ClF3N2O6S/c1-42-27-5-3-2-4-23(27)19-8-6-18(7-9-19)16-26(29(38)39)35-28(37)24-15-12-21(17-25(24)31)36-43(40,41)22-13-10-20(11-14-22)30(32,33)34/h2-15,17,26,36H,16H2,1H3,(H,35,37)(H,38,39)/t26-/m0/s1. The van der Waals surface area contributed by atoms with E-state index in [1.807, 2.05) is 36.4 Å². The number of benzene rings is 4. The average Bonchev–Trinajstić information content (AvgIpc) is 2.96. The quantitative estimate of drug-likeness (QED) is 0.190. The molecule has 0 aliphatic heterocycles. The maximum absolute atomic E-state index is 12.9. The maximum Gasteiger partial charge on any atom is 0.416 e. The van der Waals surface area contributed by atoms with Gasteiger partial charge in [0.05, 0.1) is 33.8 Å². The van der Waals surface area contributed by atoms with E-state index in [2.05, 4.69) is 10.0 Å². The molecule has 0 saturated carbocycles. The van der Waals surface area contributed by atoms with Crippen LogP contribution in [-0.4, -0.2) is 38.6 Å². The molecule has 0 fully saturated rings. The van der Waals surface area contributed by atoms with E-state index in [1.54, 1.807) is 19.2 Å². The van der Waals surface area contributed by atoms with Crippen molar-refractivity contribution < 1.29 is 41.0 Å². The van der Waals surface area contributed by atoms with Gasteiger partial charge in [0, 0.05) is 12.0 Å². The van der Waals surface area contributed by atoms with Gasteiger partial charge in [-0.3, -0.25) is 9.52 Å². The fourth-order valence-electron chi connectivity index (χ4n) is 4.18. The first-order valence-corrected chi connectivity index (χ1v) is 14.4. The first kappa shape index (κ1) is 31.4. The van der Waals surface area contributed by atoms with Crippen LogP contribution in [0.4, 0.5) is 18.9 Å². The lowest BCUT2D eigenvalue weighted by atomic mass is 10.00. The third-order valence-corrected chi connectivity index (χ3v) is 8.08. The Balaban J connectivity index is 1.44. The van der Waals surface area contributed by atoms with E-state index < -0.39 is 44.6 Å². The number of methoxy groups -OCH3 is 1. The summed E-state index contributed by atoms with van der Waals surface area (Å²) in [6, 6.07) is 19.7. The zero-order valence-electron chi connectivity index (χ0n) is 22.4. The summed E-state index contributed by atoms with van der Waals surface area (Å²) < 4.78 is 71.2. The van der Waals surface area contributed by atoms with Gasteiger partial charge in [-0.2, -0.15) is 13.2 Å². The van der Waals surface area contributed by atoms with E-state index in [1.165, 1.54) is 12.1 Å². The Labute approximate surface area is 250 Å². The predicted octanol–water partition coefficient (Wildman–Crippen LogP) is 6.26. The van der Waals surface area contributed by atoms with Crippen molar-refractivity contribution in [1.82, 2.24) is 5.32 Å². The number of amides is 1. The van der Waals surface area contributed by atoms with E-state index >= 15 is 0 Å². The fourth-order valence-corrected chi connectivity index (χ4v) is 5.49. The zero-order valence-corrected chi connectivity index (χ0v) is 23.9. The molecular weight excluding hydrogens is 609 g/mol. The summed E-state index contributed by atoms with van der Waals surface area (Å²) in [5.74, 6) is -1.40. The third-order valence-electron chi connectivity index (χ3n) is 6.37. The lowest BCUT2D eigenvalue weighted by Crippen LogP contribution is -2.42. The number of halogens is 4. The van der Waals surface area contributed by atoms with Crippen LogP contribution < -0.4 is 14.8 Å². The smallest absolute Gasteiger partial charge is 0.416 e. The van der Waals surface area contributed by atoms with Crippen molar-refractivity contribution in [3.63, 3.8) is 0 Å². The SMILES string of the molecule is COc1ccccc1-c1ccc(C[C@H](NC(=O)c2ccc(NS(=O)(=O)c3ccc(C(F)(F)F)cc3)cc2Cl)C(=O)O)cc1. The average molecular weight is 633 g/mol. The minimum atomic E-state index is -4.62. The van der Waals surface area contributed by atoms with Gasteiger partial charge in [0.1, 0.15) is 11.8 Å². The molecule has 1 atom stereocenters. The molecular formula is C30H24ClF3N2O6S. The number of alkyl halides is 3. The molecule has 0 aromatic heterocycles. The number of carboxylic acids is 1. The van der Waals surface area contributed by atoms with E-state index in [0.29, 0.717) is 23.4 Å². The number of anilines is 1. The number of para-hydroxylation sites is 1. The minimum absolute atomic E-state index is 0.0318. The Bertz CT molecular complexity index is 1750. The van der Waals surface area contributed by atoms with Crippen LogP contribution in [0.3, 0.4) is 0 Å². The van der Waals surface area contributed by atoms with Crippen molar-refractivity contribution in [3.8, 4) is 16.9 Å². The molecule has 4 aromatic carbocycles. The first-order valence-electron chi connectivity index (χ1n) is 12.5. The van der Waals surface area contributed by atoms with Crippen LogP contribution in [0.2, 0.25) is 5.02 Å². The van der Waals surface area contributed by atoms with Gasteiger partial charge < -0.3 is 15.2 Å². The van der Waals surface area contributed by atoms with Gasteiger partial charge in [-0.25, -0.2) is 13.2 Å². The number of aliphatic carboxylic acids is 1. The molecule has 8 nitrogen and oxygen atoms in total. The number of carbonyl (C=O) groups excluding carboxylic acids is 1. The van der Waals surface area contributed by atoms with Crippen LogP contribution in [0.15, 0.2) is 95.9 Å². The van der Waals surface area contributed by atoms with Gasteiger partial charge in [0.25, 0.3) is 15.9 Å². The second-order valence-electron chi connectivity index (χ2n) is 9.29. The van der Waals surface area contributed by atoms with Gasteiger partial charge in [0.15, 0.2) is 0 Å². The Hall–Kier alpha value is -4.55. The normalized spacial score (nSPS) is 12.3. The molecule has 0 aliphatic carbocycles. The van der Waals surface area contributed by atoms with Gasteiger partial charge in [-0.1, -0.05) is 54.1 Å². The number of carboxylic acid groups (broad SMARTS) is 1. The minimum Gasteiger partial charge on any atom is -0.496 e. The Kier molecular flexibility index (Phi) is 9.31. The number of hydrogen-bond donors (Lipinski definition) is 3. The molecule has 4 rings (SSSR count). The van der Waals surface area contributed by atoms with Crippen LogP contribution in [0.25, 0.3) is 11.1 Å². The van der Waals surface area contributed by atoms with E-state index in [-0.39, 0.29) is 22.7 Å². The molecule has 224 valence electrons. The predicted molar refractivity (Wildman–Crippen MR) is 155 cm³/mol. The zero-order chi connectivity index (χ0) is 31.4. The Morgan fingerprint density at radius 1 is 0.953 bits per heavy atom. The van der Waals surface area contributed by atoms with Crippen molar-refractivity contribution >= 4 is 39.2 Å². The van der Waals surface area contributed by atoms with Crippen LogP contribution in [0.1, 0.15) is 21.5 Å². The number of carbonyl (C=O) groups is 2. The summed E-state index contributed by atoms with van der Waals surface area (Å²) in [6.07, 6.45) is -4.66. The van der Waals surface area contributed by atoms with Gasteiger partial charge in [0.2, 0.25) is 0 Å². The molecule has 3 N–H and O–H groups in total. The van der Waals surface area contributed by atoms with Crippen molar-refractivity contribution in [2.45, 2.75) is 23.5 Å². The van der Waals surface area contributed by atoms with Gasteiger partial charge in [-0.15, -0.1) is 0 Å². The summed E-state index contributed by atoms with van der Waals surface area (Å²) in [7, 11) is -2.71. The van der Waals surface area contributed by atoms with Crippen molar-refractivity contribution in [2.75, 3.05) is 11.8 Å². The number of nitrogens with one attached hydrogen (secondary N) is 2. The number of hydrogen-bond acceptors (Lipinski definition) is 5. The number of ether oxygens (including phenoxy) is 1. The molecule has 0 heterocycles. The summed E-state index contributed by atoms with van der Waals surface area (Å²) >= 11 is 6.22. The largest absolute Gasteiger partial charge is 0.496 e. The van der Waals surface area contributed by atoms with E-state index in [9.17, 15) is 36.3 Å². The van der Waals surface area contributed by atoms with Crippen molar-refractivity contribution in [2.24, 2.45) is 0 Å². The summed E-state index contributed by atoms with van der Waals surface area (Å²) in [6.45, 7) is 0. The monoisotopic (exact) mass is 632 g/mol.